The van der Waals surface area contributed by atoms with Crippen molar-refractivity contribution in [1.29, 1.82) is 0 Å². The zero-order chi connectivity index (χ0) is 15.4. The second-order valence-electron chi connectivity index (χ2n) is 5.65. The summed E-state index contributed by atoms with van der Waals surface area (Å²) in [5, 5.41) is 13.4. The third-order valence-electron chi connectivity index (χ3n) is 4.11. The topological polar surface area (TPSA) is 65.1 Å². The molecule has 7 heteroatoms. The van der Waals surface area contributed by atoms with E-state index in [4.69, 9.17) is 0 Å². The Morgan fingerprint density at radius 2 is 2.17 bits per heavy atom. The van der Waals surface area contributed by atoms with Gasteiger partial charge in [-0.1, -0.05) is 12.1 Å². The van der Waals surface area contributed by atoms with Gasteiger partial charge in [0.1, 0.15) is 5.82 Å². The number of benzene rings is 1. The van der Waals surface area contributed by atoms with Gasteiger partial charge in [-0.3, -0.25) is 10.1 Å². The van der Waals surface area contributed by atoms with Crippen LogP contribution in [0.15, 0.2) is 41.5 Å². The number of aromatic nitrogens is 2. The van der Waals surface area contributed by atoms with Gasteiger partial charge in [-0.2, -0.15) is 5.10 Å². The van der Waals surface area contributed by atoms with Gasteiger partial charge in [0.25, 0.3) is 0 Å². The summed E-state index contributed by atoms with van der Waals surface area (Å²) in [4.78, 5) is 4.22. The van der Waals surface area contributed by atoms with Crippen LogP contribution in [-0.4, -0.2) is 29.7 Å². The molecule has 0 unspecified atom stereocenters. The summed E-state index contributed by atoms with van der Waals surface area (Å²) >= 11 is 0. The molecule has 5 nitrogen and oxygen atoms in total. The fourth-order valence-corrected chi connectivity index (χ4v) is 2.57. The van der Waals surface area contributed by atoms with E-state index in [0.29, 0.717) is 6.54 Å². The highest BCUT2D eigenvalue weighted by molar-refractivity contribution is 14.0. The number of nitrogens with zero attached hydrogens (tertiary/aromatic N) is 2. The molecular formula is C16H21FIN5. The maximum Gasteiger partial charge on any atom is 0.191 e. The summed E-state index contributed by atoms with van der Waals surface area (Å²) in [6.07, 6.45) is 3.86. The molecule has 1 saturated carbocycles. The molecule has 2 aromatic rings. The minimum absolute atomic E-state index is 0. The molecule has 0 saturated heterocycles. The van der Waals surface area contributed by atoms with Gasteiger partial charge in [0, 0.05) is 25.2 Å². The molecule has 0 radical (unpaired) electrons. The average Bonchev–Trinajstić information content (AvgIpc) is 3.14. The SMILES string of the molecule is CN=C(NCc1ccn[nH]1)NCC1(c2cccc(F)c2)CC1.I. The van der Waals surface area contributed by atoms with E-state index < -0.39 is 0 Å². The third kappa shape index (κ3) is 4.43. The van der Waals surface area contributed by atoms with Gasteiger partial charge in [0.2, 0.25) is 0 Å². The highest BCUT2D eigenvalue weighted by Gasteiger charge is 2.44. The van der Waals surface area contributed by atoms with E-state index in [0.717, 1.165) is 36.6 Å². The van der Waals surface area contributed by atoms with Crippen LogP contribution in [0.2, 0.25) is 0 Å². The Morgan fingerprint density at radius 1 is 1.35 bits per heavy atom. The third-order valence-corrected chi connectivity index (χ3v) is 4.11. The Labute approximate surface area is 152 Å². The van der Waals surface area contributed by atoms with Crippen molar-refractivity contribution >= 4 is 29.9 Å². The molecule has 0 atom stereocenters. The van der Waals surface area contributed by atoms with Gasteiger partial charge in [0.05, 0.1) is 12.2 Å². The van der Waals surface area contributed by atoms with Gasteiger partial charge >= 0.3 is 0 Å². The van der Waals surface area contributed by atoms with Crippen LogP contribution in [-0.2, 0) is 12.0 Å². The van der Waals surface area contributed by atoms with Gasteiger partial charge in [-0.25, -0.2) is 4.39 Å². The molecule has 1 fully saturated rings. The Hall–Kier alpha value is -1.64. The molecule has 3 N–H and O–H groups in total. The first-order chi connectivity index (χ1) is 10.7. The van der Waals surface area contributed by atoms with Crippen molar-refractivity contribution in [2.24, 2.45) is 4.99 Å². The number of hydrogen-bond acceptors (Lipinski definition) is 2. The van der Waals surface area contributed by atoms with E-state index in [9.17, 15) is 4.39 Å². The van der Waals surface area contributed by atoms with Crippen LogP contribution in [0.3, 0.4) is 0 Å². The van der Waals surface area contributed by atoms with Crippen LogP contribution in [0, 0.1) is 5.82 Å². The fraction of sp³-hybridized carbons (Fsp3) is 0.375. The van der Waals surface area contributed by atoms with Gasteiger partial charge < -0.3 is 10.6 Å². The molecule has 0 aliphatic heterocycles. The van der Waals surface area contributed by atoms with Gasteiger partial charge in [0.15, 0.2) is 5.96 Å². The number of halogens is 2. The van der Waals surface area contributed by atoms with Crippen LogP contribution in [0.25, 0.3) is 0 Å². The summed E-state index contributed by atoms with van der Waals surface area (Å²) < 4.78 is 13.4. The predicted octanol–water partition coefficient (Wildman–Crippen LogP) is 2.56. The Balaban J connectivity index is 0.00000192. The summed E-state index contributed by atoms with van der Waals surface area (Å²) in [5.41, 5.74) is 2.09. The number of H-pyrrole nitrogens is 1. The molecule has 3 rings (SSSR count). The van der Waals surface area contributed by atoms with Crippen LogP contribution >= 0.6 is 24.0 Å². The van der Waals surface area contributed by atoms with Crippen LogP contribution in [0.5, 0.6) is 0 Å². The summed E-state index contributed by atoms with van der Waals surface area (Å²) in [7, 11) is 1.74. The normalized spacial score (nSPS) is 15.7. The van der Waals surface area contributed by atoms with E-state index >= 15 is 0 Å². The summed E-state index contributed by atoms with van der Waals surface area (Å²) in [6.45, 7) is 1.38. The van der Waals surface area contributed by atoms with Crippen molar-refractivity contribution in [2.45, 2.75) is 24.8 Å². The van der Waals surface area contributed by atoms with E-state index in [1.165, 1.54) is 6.07 Å². The number of aromatic amines is 1. The fourth-order valence-electron chi connectivity index (χ4n) is 2.57. The first-order valence-corrected chi connectivity index (χ1v) is 7.41. The first kappa shape index (κ1) is 17.7. The number of rotatable bonds is 5. The lowest BCUT2D eigenvalue weighted by Gasteiger charge is -2.19. The number of guanidine groups is 1. The zero-order valence-electron chi connectivity index (χ0n) is 13.0. The van der Waals surface area contributed by atoms with E-state index in [1.807, 2.05) is 12.1 Å². The van der Waals surface area contributed by atoms with Gasteiger partial charge in [-0.05, 0) is 36.6 Å². The molecule has 0 spiro atoms. The highest BCUT2D eigenvalue weighted by atomic mass is 127. The number of nitrogens with one attached hydrogen (secondary N) is 3. The lowest BCUT2D eigenvalue weighted by Crippen LogP contribution is -2.41. The lowest BCUT2D eigenvalue weighted by molar-refractivity contribution is 0.607. The largest absolute Gasteiger partial charge is 0.356 e. The van der Waals surface area contributed by atoms with Crippen molar-refractivity contribution < 1.29 is 4.39 Å². The van der Waals surface area contributed by atoms with Crippen molar-refractivity contribution in [3.8, 4) is 0 Å². The second-order valence-corrected chi connectivity index (χ2v) is 5.65. The predicted molar refractivity (Wildman–Crippen MR) is 99.5 cm³/mol. The van der Waals surface area contributed by atoms with Crippen molar-refractivity contribution in [2.75, 3.05) is 13.6 Å². The molecule has 1 aromatic heterocycles. The quantitative estimate of drug-likeness (QED) is 0.389. The van der Waals surface area contributed by atoms with Crippen molar-refractivity contribution in [3.63, 3.8) is 0 Å². The van der Waals surface area contributed by atoms with E-state index in [1.54, 1.807) is 25.4 Å². The molecule has 1 heterocycles. The molecule has 1 aliphatic rings. The minimum Gasteiger partial charge on any atom is -0.356 e. The molecule has 0 amide bonds. The lowest BCUT2D eigenvalue weighted by atomic mass is 9.96. The van der Waals surface area contributed by atoms with Gasteiger partial charge in [-0.15, -0.1) is 24.0 Å². The maximum absolute atomic E-state index is 13.4. The van der Waals surface area contributed by atoms with Crippen molar-refractivity contribution in [3.05, 3.63) is 53.6 Å². The Morgan fingerprint density at radius 3 is 2.78 bits per heavy atom. The molecule has 1 aromatic carbocycles. The first-order valence-electron chi connectivity index (χ1n) is 7.41. The zero-order valence-corrected chi connectivity index (χ0v) is 15.3. The monoisotopic (exact) mass is 429 g/mol. The number of aliphatic imine (C=N–C) groups is 1. The minimum atomic E-state index is -0.175. The standard InChI is InChI=1S/C16H20FN5.HI/c1-18-15(19-10-14-5-8-21-22-14)20-11-16(6-7-16)12-3-2-4-13(17)9-12;/h2-5,8-9H,6-7,10-11H2,1H3,(H,21,22)(H2,18,19,20);1H. The van der Waals surface area contributed by atoms with E-state index in [2.05, 4.69) is 25.8 Å². The maximum atomic E-state index is 13.4. The Kier molecular flexibility index (Phi) is 5.97. The number of hydrogen-bond donors (Lipinski definition) is 3. The van der Waals surface area contributed by atoms with E-state index in [-0.39, 0.29) is 35.2 Å². The average molecular weight is 429 g/mol. The molecule has 0 bridgehead atoms. The second kappa shape index (κ2) is 7.76. The molecule has 23 heavy (non-hydrogen) atoms. The Bertz CT molecular complexity index is 652. The van der Waals surface area contributed by atoms with Crippen LogP contribution in [0.1, 0.15) is 24.1 Å². The summed E-state index contributed by atoms with van der Waals surface area (Å²) in [6, 6.07) is 8.80. The highest BCUT2D eigenvalue weighted by Crippen LogP contribution is 2.47. The smallest absolute Gasteiger partial charge is 0.191 e. The van der Waals surface area contributed by atoms with Crippen molar-refractivity contribution in [1.82, 2.24) is 20.8 Å². The molecular weight excluding hydrogens is 408 g/mol. The van der Waals surface area contributed by atoms with Crippen LogP contribution < -0.4 is 10.6 Å². The van der Waals surface area contributed by atoms with Crippen LogP contribution in [0.4, 0.5) is 4.39 Å². The summed E-state index contributed by atoms with van der Waals surface area (Å²) in [5.74, 6) is 0.558. The molecule has 124 valence electrons. The molecule has 1 aliphatic carbocycles.